The van der Waals surface area contributed by atoms with Crippen molar-refractivity contribution >= 4 is 39.5 Å². The molecule has 0 aromatic heterocycles. The Hall–Kier alpha value is -4.38. The van der Waals surface area contributed by atoms with Gasteiger partial charge in [0.2, 0.25) is 0 Å². The molecule has 0 bridgehead atoms. The lowest BCUT2D eigenvalue weighted by molar-refractivity contribution is -0.120. The van der Waals surface area contributed by atoms with Crippen molar-refractivity contribution in [3.63, 3.8) is 0 Å². The van der Waals surface area contributed by atoms with Crippen molar-refractivity contribution in [3.8, 4) is 5.75 Å². The number of benzene rings is 4. The van der Waals surface area contributed by atoms with E-state index in [1.807, 2.05) is 74.5 Å². The molecule has 0 atom stereocenters. The highest BCUT2D eigenvalue weighted by Crippen LogP contribution is 2.36. The van der Waals surface area contributed by atoms with Crippen molar-refractivity contribution < 1.29 is 14.3 Å². The summed E-state index contributed by atoms with van der Waals surface area (Å²) in [6.07, 6.45) is 0. The summed E-state index contributed by atoms with van der Waals surface area (Å²) in [4.78, 5) is 28.7. The quantitative estimate of drug-likeness (QED) is 0.389. The average molecular weight is 449 g/mol. The Labute approximate surface area is 198 Å². The van der Waals surface area contributed by atoms with E-state index in [0.717, 1.165) is 27.6 Å². The Balaban J connectivity index is 1.65. The van der Waals surface area contributed by atoms with Gasteiger partial charge in [0.05, 0.1) is 18.4 Å². The van der Waals surface area contributed by atoms with Gasteiger partial charge in [-0.1, -0.05) is 54.6 Å². The maximum atomic E-state index is 13.7. The van der Waals surface area contributed by atoms with Gasteiger partial charge in [0.25, 0.3) is 11.8 Å². The van der Waals surface area contributed by atoms with Gasteiger partial charge in [-0.05, 0) is 66.3 Å². The van der Waals surface area contributed by atoms with Crippen molar-refractivity contribution in [2.24, 2.45) is 0 Å². The van der Waals surface area contributed by atoms with Crippen LogP contribution in [0.1, 0.15) is 16.7 Å². The number of ether oxygens (including phenoxy) is 1. The number of hydrogen-bond donors (Lipinski definition) is 1. The predicted octanol–water partition coefficient (Wildman–Crippen LogP) is 5.86. The molecule has 0 spiro atoms. The largest absolute Gasteiger partial charge is 0.497 e. The molecule has 5 nitrogen and oxygen atoms in total. The molecule has 5 heteroatoms. The minimum Gasteiger partial charge on any atom is -0.497 e. The zero-order chi connectivity index (χ0) is 23.8. The third-order valence-electron chi connectivity index (χ3n) is 6.26. The Morgan fingerprint density at radius 2 is 1.50 bits per heavy atom. The van der Waals surface area contributed by atoms with E-state index in [9.17, 15) is 9.59 Å². The molecule has 4 aromatic rings. The molecule has 4 aromatic carbocycles. The van der Waals surface area contributed by atoms with Gasteiger partial charge in [0.1, 0.15) is 11.4 Å². The average Bonchev–Trinajstić information content (AvgIpc) is 3.10. The van der Waals surface area contributed by atoms with Crippen LogP contribution in [0, 0.1) is 13.8 Å². The van der Waals surface area contributed by atoms with Gasteiger partial charge in [-0.3, -0.25) is 9.59 Å². The molecule has 0 radical (unpaired) electrons. The predicted molar refractivity (Wildman–Crippen MR) is 136 cm³/mol. The van der Waals surface area contributed by atoms with Crippen LogP contribution in [0.2, 0.25) is 0 Å². The van der Waals surface area contributed by atoms with Gasteiger partial charge < -0.3 is 10.1 Å². The normalized spacial score (nSPS) is 13.7. The second-order valence-corrected chi connectivity index (χ2v) is 8.34. The standard InChI is InChI=1S/C29H24N2O3/c1-18-11-14-22(17-19(18)2)31-28(32)26(21-12-15-23(34-3)16-13-21)27(29(31)33)30-25-10-6-8-20-7-4-5-9-24(20)25/h4-17,30H,1-3H3. The molecule has 34 heavy (non-hydrogen) atoms. The van der Waals surface area contributed by atoms with Crippen LogP contribution in [-0.2, 0) is 9.59 Å². The monoisotopic (exact) mass is 448 g/mol. The van der Waals surface area contributed by atoms with Gasteiger partial charge in [0, 0.05) is 11.1 Å². The number of nitrogens with zero attached hydrogens (tertiary/aromatic N) is 1. The Morgan fingerprint density at radius 1 is 0.765 bits per heavy atom. The number of anilines is 2. The second-order valence-electron chi connectivity index (χ2n) is 8.34. The molecular formula is C29H24N2O3. The Morgan fingerprint density at radius 3 is 2.24 bits per heavy atom. The molecule has 2 amide bonds. The fourth-order valence-electron chi connectivity index (χ4n) is 4.24. The summed E-state index contributed by atoms with van der Waals surface area (Å²) in [5.74, 6) is -0.0659. The number of carbonyl (C=O) groups excluding carboxylic acids is 2. The van der Waals surface area contributed by atoms with E-state index in [2.05, 4.69) is 5.32 Å². The van der Waals surface area contributed by atoms with E-state index in [4.69, 9.17) is 4.74 Å². The first-order valence-corrected chi connectivity index (χ1v) is 11.1. The number of aryl methyl sites for hydroxylation is 2. The smallest absolute Gasteiger partial charge is 0.282 e. The van der Waals surface area contributed by atoms with Crippen LogP contribution in [0.15, 0.2) is 90.6 Å². The second kappa shape index (κ2) is 8.52. The molecule has 5 rings (SSSR count). The molecule has 168 valence electrons. The molecule has 1 aliphatic heterocycles. The van der Waals surface area contributed by atoms with Gasteiger partial charge in [-0.2, -0.15) is 0 Å². The zero-order valence-electron chi connectivity index (χ0n) is 19.3. The zero-order valence-corrected chi connectivity index (χ0v) is 19.3. The summed E-state index contributed by atoms with van der Waals surface area (Å²) >= 11 is 0. The van der Waals surface area contributed by atoms with Crippen molar-refractivity contribution in [3.05, 3.63) is 107 Å². The number of nitrogens with one attached hydrogen (secondary N) is 1. The third-order valence-corrected chi connectivity index (χ3v) is 6.26. The number of amides is 2. The number of imide groups is 1. The highest BCUT2D eigenvalue weighted by atomic mass is 16.5. The van der Waals surface area contributed by atoms with Crippen molar-refractivity contribution in [2.45, 2.75) is 13.8 Å². The summed E-state index contributed by atoms with van der Waals surface area (Å²) in [6, 6.07) is 26.6. The summed E-state index contributed by atoms with van der Waals surface area (Å²) in [6.45, 7) is 3.97. The summed E-state index contributed by atoms with van der Waals surface area (Å²) in [5.41, 5.74) is 4.66. The summed E-state index contributed by atoms with van der Waals surface area (Å²) < 4.78 is 5.27. The molecule has 1 N–H and O–H groups in total. The first kappa shape index (κ1) is 21.5. The van der Waals surface area contributed by atoms with E-state index >= 15 is 0 Å². The van der Waals surface area contributed by atoms with Gasteiger partial charge in [-0.15, -0.1) is 0 Å². The third kappa shape index (κ3) is 3.61. The lowest BCUT2D eigenvalue weighted by atomic mass is 10.0. The lowest BCUT2D eigenvalue weighted by Crippen LogP contribution is -2.32. The minimum absolute atomic E-state index is 0.254. The van der Waals surface area contributed by atoms with Crippen molar-refractivity contribution in [1.29, 1.82) is 0 Å². The lowest BCUT2D eigenvalue weighted by Gasteiger charge is -2.17. The van der Waals surface area contributed by atoms with Crippen LogP contribution in [0.25, 0.3) is 16.3 Å². The SMILES string of the molecule is COc1ccc(C2=C(Nc3cccc4ccccc34)C(=O)N(c3ccc(C)c(C)c3)C2=O)cc1. The highest BCUT2D eigenvalue weighted by molar-refractivity contribution is 6.46. The van der Waals surface area contributed by atoms with E-state index in [1.165, 1.54) is 4.90 Å². The summed E-state index contributed by atoms with van der Waals surface area (Å²) in [5, 5.41) is 5.32. The van der Waals surface area contributed by atoms with Gasteiger partial charge in [-0.25, -0.2) is 4.90 Å². The van der Waals surface area contributed by atoms with Crippen LogP contribution in [-0.4, -0.2) is 18.9 Å². The van der Waals surface area contributed by atoms with Crippen LogP contribution in [0.5, 0.6) is 5.75 Å². The topological polar surface area (TPSA) is 58.6 Å². The molecule has 0 saturated carbocycles. The Kier molecular flexibility index (Phi) is 5.38. The van der Waals surface area contributed by atoms with Crippen LogP contribution >= 0.6 is 0 Å². The van der Waals surface area contributed by atoms with Crippen LogP contribution in [0.4, 0.5) is 11.4 Å². The molecule has 1 aliphatic rings. The summed E-state index contributed by atoms with van der Waals surface area (Å²) in [7, 11) is 1.59. The molecular weight excluding hydrogens is 424 g/mol. The molecule has 0 unspecified atom stereocenters. The van der Waals surface area contributed by atoms with Gasteiger partial charge in [0.15, 0.2) is 0 Å². The number of carbonyl (C=O) groups is 2. The van der Waals surface area contributed by atoms with E-state index in [1.54, 1.807) is 31.4 Å². The fourth-order valence-corrected chi connectivity index (χ4v) is 4.24. The van der Waals surface area contributed by atoms with Crippen molar-refractivity contribution in [1.82, 2.24) is 0 Å². The van der Waals surface area contributed by atoms with E-state index in [-0.39, 0.29) is 17.5 Å². The van der Waals surface area contributed by atoms with Crippen molar-refractivity contribution in [2.75, 3.05) is 17.3 Å². The van der Waals surface area contributed by atoms with Gasteiger partial charge >= 0.3 is 0 Å². The number of rotatable bonds is 5. The number of hydrogen-bond acceptors (Lipinski definition) is 4. The van der Waals surface area contributed by atoms with E-state index < -0.39 is 0 Å². The Bertz CT molecular complexity index is 1460. The maximum Gasteiger partial charge on any atom is 0.282 e. The molecule has 0 aliphatic carbocycles. The molecule has 0 saturated heterocycles. The fraction of sp³-hybridized carbons (Fsp3) is 0.103. The molecule has 0 fully saturated rings. The molecule has 1 heterocycles. The highest BCUT2D eigenvalue weighted by Gasteiger charge is 2.40. The number of methoxy groups -OCH3 is 1. The first-order chi connectivity index (χ1) is 16.5. The van der Waals surface area contributed by atoms with Crippen LogP contribution in [0.3, 0.4) is 0 Å². The van der Waals surface area contributed by atoms with E-state index in [0.29, 0.717) is 22.6 Å². The minimum atomic E-state index is -0.382. The number of fused-ring (bicyclic) bond motifs is 1. The van der Waals surface area contributed by atoms with Crippen LogP contribution < -0.4 is 15.0 Å². The maximum absolute atomic E-state index is 13.7. The first-order valence-electron chi connectivity index (χ1n) is 11.1.